The number of nitrogens with zero attached hydrogens (tertiary/aromatic N) is 1. The maximum atomic E-state index is 11.7. The highest BCUT2D eigenvalue weighted by Crippen LogP contribution is 2.23. The lowest BCUT2D eigenvalue weighted by molar-refractivity contribution is 0.224. The average Bonchev–Trinajstić information content (AvgIpc) is 2.38. The fourth-order valence-corrected chi connectivity index (χ4v) is 1.37. The fraction of sp³-hybridized carbons (Fsp3) is 0.308. The Bertz CT molecular complexity index is 491. The molecule has 5 heteroatoms. The molecule has 0 aromatic heterocycles. The first kappa shape index (κ1) is 14.4. The first-order chi connectivity index (χ1) is 8.58. The minimum Gasteiger partial charge on any atom is -0.328 e. The highest BCUT2D eigenvalue weighted by Gasteiger charge is 2.09. The average molecular weight is 266 g/mol. The number of hydrogen-bond donors (Lipinski definition) is 2. The Kier molecular flexibility index (Phi) is 5.50. The number of anilines is 1. The molecule has 2 amide bonds. The molecule has 96 valence electrons. The normalized spacial score (nSPS) is 9.33. The molecule has 1 aromatic carbocycles. The van der Waals surface area contributed by atoms with Gasteiger partial charge < -0.3 is 16.0 Å². The van der Waals surface area contributed by atoms with E-state index < -0.39 is 0 Å². The molecule has 4 nitrogen and oxygen atoms in total. The second-order valence-electron chi connectivity index (χ2n) is 3.64. The van der Waals surface area contributed by atoms with Gasteiger partial charge in [0.05, 0.1) is 17.3 Å². The van der Waals surface area contributed by atoms with Gasteiger partial charge in [0.25, 0.3) is 0 Å². The first-order valence-corrected chi connectivity index (χ1v) is 5.97. The van der Waals surface area contributed by atoms with Crippen LogP contribution in [-0.4, -0.2) is 31.1 Å². The molecule has 0 atom stereocenters. The Balaban J connectivity index is 2.91. The highest BCUT2D eigenvalue weighted by atomic mass is 35.5. The maximum absolute atomic E-state index is 11.7. The first-order valence-electron chi connectivity index (χ1n) is 5.59. The van der Waals surface area contributed by atoms with Crippen molar-refractivity contribution in [3.05, 3.63) is 28.8 Å². The molecule has 0 aliphatic heterocycles. The molecule has 0 fully saturated rings. The van der Waals surface area contributed by atoms with Crippen LogP contribution in [0.15, 0.2) is 18.2 Å². The van der Waals surface area contributed by atoms with Gasteiger partial charge in [-0.1, -0.05) is 23.4 Å². The number of benzene rings is 1. The third-order valence-electron chi connectivity index (χ3n) is 2.36. The van der Waals surface area contributed by atoms with Crippen molar-refractivity contribution >= 4 is 23.3 Å². The lowest BCUT2D eigenvalue weighted by Gasteiger charge is -2.16. The molecule has 0 aliphatic rings. The molecule has 1 aromatic rings. The van der Waals surface area contributed by atoms with Crippen LogP contribution in [0.2, 0.25) is 5.02 Å². The van der Waals surface area contributed by atoms with Gasteiger partial charge >= 0.3 is 6.03 Å². The smallest absolute Gasteiger partial charge is 0.321 e. The summed E-state index contributed by atoms with van der Waals surface area (Å²) in [7, 11) is 1.71. The molecule has 0 aliphatic carbocycles. The van der Waals surface area contributed by atoms with Crippen molar-refractivity contribution < 1.29 is 4.79 Å². The van der Waals surface area contributed by atoms with Crippen molar-refractivity contribution in [1.29, 1.82) is 0 Å². The predicted molar refractivity (Wildman–Crippen MR) is 74.7 cm³/mol. The minimum absolute atomic E-state index is 0.205. The maximum Gasteiger partial charge on any atom is 0.321 e. The number of rotatable bonds is 2. The SMILES string of the molecule is CCN(C)C(=O)Nc1cc(C#CCN)ccc1Cl. The summed E-state index contributed by atoms with van der Waals surface area (Å²) in [5.41, 5.74) is 6.62. The quantitative estimate of drug-likeness (QED) is 0.805. The summed E-state index contributed by atoms with van der Waals surface area (Å²) in [5.74, 6) is 5.64. The summed E-state index contributed by atoms with van der Waals surface area (Å²) in [6.07, 6.45) is 0. The third kappa shape index (κ3) is 3.95. The monoisotopic (exact) mass is 265 g/mol. The standard InChI is InChI=1S/C13H16ClN3O/c1-3-17(2)13(18)16-12-9-10(5-4-8-15)6-7-11(12)14/h6-7,9H,3,8,15H2,1-2H3,(H,16,18). The van der Waals surface area contributed by atoms with Crippen LogP contribution in [0.25, 0.3) is 0 Å². The lowest BCUT2D eigenvalue weighted by Crippen LogP contribution is -2.31. The summed E-state index contributed by atoms with van der Waals surface area (Å²) in [6.45, 7) is 2.81. The van der Waals surface area contributed by atoms with Crippen LogP contribution in [-0.2, 0) is 0 Å². The number of nitrogens with two attached hydrogens (primary N) is 1. The van der Waals surface area contributed by atoms with Crippen LogP contribution >= 0.6 is 11.6 Å². The predicted octanol–water partition coefficient (Wildman–Crippen LogP) is 2.13. The molecule has 0 saturated heterocycles. The molecule has 18 heavy (non-hydrogen) atoms. The van der Waals surface area contributed by atoms with E-state index in [0.717, 1.165) is 5.56 Å². The van der Waals surface area contributed by atoms with Crippen molar-refractivity contribution in [2.24, 2.45) is 5.73 Å². The summed E-state index contributed by atoms with van der Waals surface area (Å²) in [4.78, 5) is 13.3. The van der Waals surface area contributed by atoms with E-state index in [-0.39, 0.29) is 6.03 Å². The molecule has 0 radical (unpaired) electrons. The minimum atomic E-state index is -0.205. The van der Waals surface area contributed by atoms with Gasteiger partial charge in [0, 0.05) is 19.2 Å². The van der Waals surface area contributed by atoms with E-state index in [1.54, 1.807) is 30.1 Å². The van der Waals surface area contributed by atoms with Crippen molar-refractivity contribution in [1.82, 2.24) is 4.90 Å². The number of halogens is 1. The summed E-state index contributed by atoms with van der Waals surface area (Å²) >= 11 is 6.02. The van der Waals surface area contributed by atoms with Crippen molar-refractivity contribution in [2.75, 3.05) is 25.5 Å². The van der Waals surface area contributed by atoms with E-state index in [4.69, 9.17) is 17.3 Å². The Morgan fingerprint density at radius 2 is 2.28 bits per heavy atom. The molecule has 0 unspecified atom stereocenters. The van der Waals surface area contributed by atoms with Crippen molar-refractivity contribution in [3.63, 3.8) is 0 Å². The lowest BCUT2D eigenvalue weighted by atomic mass is 10.2. The number of amides is 2. The zero-order chi connectivity index (χ0) is 13.5. The van der Waals surface area contributed by atoms with Gasteiger partial charge in [-0.15, -0.1) is 0 Å². The fourth-order valence-electron chi connectivity index (χ4n) is 1.21. The van der Waals surface area contributed by atoms with Crippen molar-refractivity contribution in [2.45, 2.75) is 6.92 Å². The largest absolute Gasteiger partial charge is 0.328 e. The molecule has 0 heterocycles. The third-order valence-corrected chi connectivity index (χ3v) is 2.69. The van der Waals surface area contributed by atoms with Crippen LogP contribution in [0.1, 0.15) is 12.5 Å². The van der Waals surface area contributed by atoms with E-state index >= 15 is 0 Å². The van der Waals surface area contributed by atoms with Crippen LogP contribution in [0.5, 0.6) is 0 Å². The second kappa shape index (κ2) is 6.90. The zero-order valence-electron chi connectivity index (χ0n) is 10.5. The van der Waals surface area contributed by atoms with Crippen LogP contribution < -0.4 is 11.1 Å². The molecule has 0 bridgehead atoms. The molecule has 1 rings (SSSR count). The Morgan fingerprint density at radius 3 is 2.89 bits per heavy atom. The molecular formula is C13H16ClN3O. The Hall–Kier alpha value is -1.70. The van der Waals surface area contributed by atoms with Crippen LogP contribution in [0.4, 0.5) is 10.5 Å². The van der Waals surface area contributed by atoms with E-state index in [0.29, 0.717) is 23.8 Å². The summed E-state index contributed by atoms with van der Waals surface area (Å²) < 4.78 is 0. The van der Waals surface area contributed by atoms with Crippen LogP contribution in [0.3, 0.4) is 0 Å². The molecule has 0 saturated carbocycles. The second-order valence-corrected chi connectivity index (χ2v) is 4.05. The van der Waals surface area contributed by atoms with Gasteiger partial charge in [-0.3, -0.25) is 0 Å². The van der Waals surface area contributed by atoms with Gasteiger partial charge in [0.2, 0.25) is 0 Å². The highest BCUT2D eigenvalue weighted by molar-refractivity contribution is 6.33. The van der Waals surface area contributed by atoms with Crippen molar-refractivity contribution in [3.8, 4) is 11.8 Å². The number of urea groups is 1. The molecular weight excluding hydrogens is 250 g/mol. The zero-order valence-corrected chi connectivity index (χ0v) is 11.2. The van der Waals surface area contributed by atoms with Gasteiger partial charge in [-0.05, 0) is 25.1 Å². The van der Waals surface area contributed by atoms with Gasteiger partial charge in [-0.2, -0.15) is 0 Å². The topological polar surface area (TPSA) is 58.4 Å². The Labute approximate surface area is 112 Å². The van der Waals surface area contributed by atoms with E-state index in [9.17, 15) is 4.79 Å². The number of carbonyl (C=O) groups is 1. The number of nitrogens with one attached hydrogen (secondary N) is 1. The number of hydrogen-bond acceptors (Lipinski definition) is 2. The van der Waals surface area contributed by atoms with E-state index in [2.05, 4.69) is 17.2 Å². The van der Waals surface area contributed by atoms with Crippen LogP contribution in [0, 0.1) is 11.8 Å². The molecule has 3 N–H and O–H groups in total. The van der Waals surface area contributed by atoms with Gasteiger partial charge in [-0.25, -0.2) is 4.79 Å². The number of carbonyl (C=O) groups excluding carboxylic acids is 1. The van der Waals surface area contributed by atoms with E-state index in [1.807, 2.05) is 6.92 Å². The summed E-state index contributed by atoms with van der Waals surface area (Å²) in [6, 6.07) is 5.00. The molecule has 0 spiro atoms. The van der Waals surface area contributed by atoms with Gasteiger partial charge in [0.1, 0.15) is 0 Å². The van der Waals surface area contributed by atoms with E-state index in [1.165, 1.54) is 0 Å². The van der Waals surface area contributed by atoms with Gasteiger partial charge in [0.15, 0.2) is 0 Å². The Morgan fingerprint density at radius 1 is 1.56 bits per heavy atom. The summed E-state index contributed by atoms with van der Waals surface area (Å²) in [5, 5.41) is 3.21.